The Balaban J connectivity index is 2.81. The van der Waals surface area contributed by atoms with Gasteiger partial charge < -0.3 is 5.32 Å². The maximum absolute atomic E-state index is 12.4. The van der Waals surface area contributed by atoms with Crippen molar-refractivity contribution in [3.05, 3.63) is 24.3 Å². The van der Waals surface area contributed by atoms with Crippen LogP contribution in [0.25, 0.3) is 0 Å². The molecule has 100 valence electrons. The highest BCUT2D eigenvalue weighted by molar-refractivity contribution is 7.99. The molecule has 2 nitrogen and oxygen atoms in total. The Hall–Kier alpha value is -0.750. The minimum atomic E-state index is -2.51. The van der Waals surface area contributed by atoms with E-state index in [2.05, 4.69) is 17.9 Å². The predicted octanol–water partition coefficient (Wildman–Crippen LogP) is 3.89. The maximum Gasteiger partial charge on any atom is 0.288 e. The number of halogens is 2. The zero-order valence-corrected chi connectivity index (χ0v) is 11.8. The Labute approximate surface area is 115 Å². The molecule has 0 fully saturated rings. The average molecular weight is 291 g/mol. The van der Waals surface area contributed by atoms with Crippen molar-refractivity contribution in [2.75, 3.05) is 5.32 Å². The summed E-state index contributed by atoms with van der Waals surface area (Å²) in [5.74, 6) is -2.72. The van der Waals surface area contributed by atoms with Gasteiger partial charge in [-0.15, -0.1) is 0 Å². The van der Waals surface area contributed by atoms with Crippen molar-refractivity contribution >= 4 is 36.0 Å². The highest BCUT2D eigenvalue weighted by Crippen LogP contribution is 2.31. The number of para-hydroxylation sites is 1. The number of thiol groups is 1. The molecular weight excluding hydrogens is 276 g/mol. The number of benzene rings is 1. The fourth-order valence-electron chi connectivity index (χ4n) is 1.28. The molecule has 1 N–H and O–H groups in total. The van der Waals surface area contributed by atoms with Crippen LogP contribution in [0.4, 0.5) is 14.5 Å². The predicted molar refractivity (Wildman–Crippen MR) is 74.5 cm³/mol. The molecule has 1 atom stereocenters. The van der Waals surface area contributed by atoms with Crippen LogP contribution < -0.4 is 5.32 Å². The quantitative estimate of drug-likeness (QED) is 0.636. The van der Waals surface area contributed by atoms with E-state index in [0.717, 1.165) is 0 Å². The third-order valence-electron chi connectivity index (χ3n) is 2.26. The van der Waals surface area contributed by atoms with E-state index in [1.54, 1.807) is 24.3 Å². The van der Waals surface area contributed by atoms with Gasteiger partial charge in [-0.1, -0.05) is 37.7 Å². The Morgan fingerprint density at radius 1 is 1.33 bits per heavy atom. The molecule has 1 unspecified atom stereocenters. The normalized spacial score (nSPS) is 12.8. The highest BCUT2D eigenvalue weighted by atomic mass is 32.2. The van der Waals surface area contributed by atoms with E-state index in [1.807, 2.05) is 13.8 Å². The molecule has 1 aromatic rings. The first-order chi connectivity index (χ1) is 8.41. The van der Waals surface area contributed by atoms with Crippen molar-refractivity contribution in [1.29, 1.82) is 0 Å². The second-order valence-corrected chi connectivity index (χ2v) is 5.64. The van der Waals surface area contributed by atoms with Crippen molar-refractivity contribution in [3.63, 3.8) is 0 Å². The minimum Gasteiger partial charge on any atom is -0.324 e. The zero-order valence-electron chi connectivity index (χ0n) is 10.1. The second kappa shape index (κ2) is 6.99. The van der Waals surface area contributed by atoms with E-state index in [1.165, 1.54) is 0 Å². The number of carbonyl (C=O) groups is 1. The maximum atomic E-state index is 12.4. The number of anilines is 1. The molecule has 0 bridgehead atoms. The molecular formula is C12H15F2NOS2. The van der Waals surface area contributed by atoms with Gasteiger partial charge in [0, 0.05) is 4.90 Å². The lowest BCUT2D eigenvalue weighted by Gasteiger charge is -2.16. The largest absolute Gasteiger partial charge is 0.324 e. The lowest BCUT2D eigenvalue weighted by molar-refractivity contribution is -0.116. The Kier molecular flexibility index (Phi) is 5.95. The molecule has 0 radical (unpaired) electrons. The van der Waals surface area contributed by atoms with E-state index in [4.69, 9.17) is 0 Å². The first kappa shape index (κ1) is 15.3. The summed E-state index contributed by atoms with van der Waals surface area (Å²) in [6.07, 6.45) is 0. The van der Waals surface area contributed by atoms with Gasteiger partial charge in [-0.25, -0.2) is 0 Å². The average Bonchev–Trinajstić information content (AvgIpc) is 2.29. The van der Waals surface area contributed by atoms with Crippen molar-refractivity contribution in [3.8, 4) is 0 Å². The molecule has 0 aliphatic heterocycles. The first-order valence-corrected chi connectivity index (χ1v) is 6.84. The van der Waals surface area contributed by atoms with E-state index in [9.17, 15) is 13.6 Å². The molecule has 18 heavy (non-hydrogen) atoms. The Morgan fingerprint density at radius 3 is 2.50 bits per heavy atom. The van der Waals surface area contributed by atoms with E-state index >= 15 is 0 Å². The Morgan fingerprint density at radius 2 is 1.94 bits per heavy atom. The summed E-state index contributed by atoms with van der Waals surface area (Å²) in [6, 6.07) is 6.49. The first-order valence-electron chi connectivity index (χ1n) is 5.44. The van der Waals surface area contributed by atoms with Gasteiger partial charge in [-0.05, 0) is 18.1 Å². The van der Waals surface area contributed by atoms with Gasteiger partial charge in [-0.2, -0.15) is 21.4 Å². The fraction of sp³-hybridized carbons (Fsp3) is 0.417. The van der Waals surface area contributed by atoms with E-state index in [-0.39, 0.29) is 11.8 Å². The van der Waals surface area contributed by atoms with Crippen molar-refractivity contribution in [1.82, 2.24) is 0 Å². The number of carbonyl (C=O) groups excluding carboxylic acids is 1. The lowest BCUT2D eigenvalue weighted by atomic mass is 10.1. The van der Waals surface area contributed by atoms with Crippen molar-refractivity contribution < 1.29 is 13.6 Å². The highest BCUT2D eigenvalue weighted by Gasteiger charge is 2.19. The topological polar surface area (TPSA) is 29.1 Å². The Bertz CT molecular complexity index is 413. The SMILES string of the molecule is CC(C)C(S)C(=O)Nc1ccccc1SC(F)F. The molecule has 6 heteroatoms. The van der Waals surface area contributed by atoms with E-state index < -0.39 is 11.0 Å². The molecule has 1 rings (SSSR count). The summed E-state index contributed by atoms with van der Waals surface area (Å²) >= 11 is 4.60. The number of nitrogens with one attached hydrogen (secondary N) is 1. The lowest BCUT2D eigenvalue weighted by Crippen LogP contribution is -2.27. The second-order valence-electron chi connectivity index (χ2n) is 4.05. The summed E-state index contributed by atoms with van der Waals surface area (Å²) in [7, 11) is 0. The van der Waals surface area contributed by atoms with Crippen molar-refractivity contribution in [2.45, 2.75) is 29.8 Å². The smallest absolute Gasteiger partial charge is 0.288 e. The third kappa shape index (κ3) is 4.49. The zero-order chi connectivity index (χ0) is 13.7. The number of hydrogen-bond donors (Lipinski definition) is 2. The number of thioether (sulfide) groups is 1. The molecule has 0 aromatic heterocycles. The van der Waals surface area contributed by atoms with Crippen LogP contribution >= 0.6 is 24.4 Å². The molecule has 0 aliphatic carbocycles. The third-order valence-corrected chi connectivity index (χ3v) is 3.88. The van der Waals surface area contributed by atoms with Gasteiger partial charge in [0.2, 0.25) is 5.91 Å². The molecule has 0 saturated heterocycles. The molecule has 0 saturated carbocycles. The number of rotatable bonds is 5. The van der Waals surface area contributed by atoms with Crippen LogP contribution in [0, 0.1) is 5.92 Å². The number of alkyl halides is 2. The van der Waals surface area contributed by atoms with Crippen LogP contribution in [0.3, 0.4) is 0 Å². The van der Waals surface area contributed by atoms with Crippen LogP contribution in [0.2, 0.25) is 0 Å². The van der Waals surface area contributed by atoms with Crippen LogP contribution in [-0.2, 0) is 4.79 Å². The van der Waals surface area contributed by atoms with Gasteiger partial charge in [0.15, 0.2) is 0 Å². The monoisotopic (exact) mass is 291 g/mol. The van der Waals surface area contributed by atoms with Crippen LogP contribution in [0.15, 0.2) is 29.2 Å². The molecule has 0 heterocycles. The van der Waals surface area contributed by atoms with Gasteiger partial charge in [-0.3, -0.25) is 4.79 Å². The minimum absolute atomic E-state index is 0.0725. The summed E-state index contributed by atoms with van der Waals surface area (Å²) in [5, 5.41) is 2.16. The molecule has 0 spiro atoms. The summed E-state index contributed by atoms with van der Waals surface area (Å²) in [6.45, 7) is 3.74. The van der Waals surface area contributed by atoms with Crippen LogP contribution in [0.1, 0.15) is 13.8 Å². The summed E-state index contributed by atoms with van der Waals surface area (Å²) in [5.41, 5.74) is 0.396. The number of hydrogen-bond acceptors (Lipinski definition) is 3. The van der Waals surface area contributed by atoms with Crippen LogP contribution in [0.5, 0.6) is 0 Å². The van der Waals surface area contributed by atoms with Gasteiger partial charge in [0.05, 0.1) is 10.9 Å². The van der Waals surface area contributed by atoms with Gasteiger partial charge >= 0.3 is 0 Å². The molecule has 0 aliphatic rings. The summed E-state index contributed by atoms with van der Waals surface area (Å²) < 4.78 is 24.7. The molecule has 1 aromatic carbocycles. The van der Waals surface area contributed by atoms with E-state index in [0.29, 0.717) is 22.3 Å². The van der Waals surface area contributed by atoms with Crippen molar-refractivity contribution in [2.24, 2.45) is 5.92 Å². The molecule has 1 amide bonds. The fourth-order valence-corrected chi connectivity index (χ4v) is 1.94. The standard InChI is InChI=1S/C12H15F2NOS2/c1-7(2)10(17)11(16)15-8-5-3-4-6-9(8)18-12(13)14/h3-7,10,12,17H,1-2H3,(H,15,16). The van der Waals surface area contributed by atoms with Crippen LogP contribution in [-0.4, -0.2) is 16.9 Å². The summed E-state index contributed by atoms with van der Waals surface area (Å²) in [4.78, 5) is 12.2. The van der Waals surface area contributed by atoms with Gasteiger partial charge in [0.25, 0.3) is 5.76 Å². The van der Waals surface area contributed by atoms with Gasteiger partial charge in [0.1, 0.15) is 0 Å². The number of amides is 1.